The van der Waals surface area contributed by atoms with E-state index in [4.69, 9.17) is 21.5 Å². The molecule has 2 heterocycles. The summed E-state index contributed by atoms with van der Waals surface area (Å²) in [7, 11) is 1.66. The highest BCUT2D eigenvalue weighted by Crippen LogP contribution is 2.37. The SMILES string of the molecule is COCCN1C(=S)NC(c2ccc(C)c(C)c2)C(c2nc(-c3ccc(F)cc3)no2)=C1C. The minimum Gasteiger partial charge on any atom is -0.383 e. The van der Waals surface area contributed by atoms with Crippen LogP contribution in [0.1, 0.15) is 35.5 Å². The van der Waals surface area contributed by atoms with Crippen LogP contribution in [0.25, 0.3) is 17.0 Å². The molecule has 166 valence electrons. The molecule has 0 bridgehead atoms. The van der Waals surface area contributed by atoms with E-state index in [2.05, 4.69) is 47.5 Å². The highest BCUT2D eigenvalue weighted by Gasteiger charge is 2.34. The largest absolute Gasteiger partial charge is 0.383 e. The van der Waals surface area contributed by atoms with E-state index in [9.17, 15) is 4.39 Å². The molecule has 0 aliphatic carbocycles. The van der Waals surface area contributed by atoms with Crippen molar-refractivity contribution < 1.29 is 13.7 Å². The summed E-state index contributed by atoms with van der Waals surface area (Å²) < 4.78 is 24.3. The minimum absolute atomic E-state index is 0.248. The number of rotatable bonds is 6. The number of methoxy groups -OCH3 is 1. The lowest BCUT2D eigenvalue weighted by molar-refractivity contribution is 0.183. The van der Waals surface area contributed by atoms with Gasteiger partial charge in [0.2, 0.25) is 5.82 Å². The van der Waals surface area contributed by atoms with Crippen LogP contribution < -0.4 is 5.32 Å². The average molecular weight is 453 g/mol. The Hall–Kier alpha value is -3.10. The first-order chi connectivity index (χ1) is 15.4. The van der Waals surface area contributed by atoms with Gasteiger partial charge in [-0.05, 0) is 73.9 Å². The summed E-state index contributed by atoms with van der Waals surface area (Å²) in [4.78, 5) is 6.62. The molecule has 2 aromatic carbocycles. The van der Waals surface area contributed by atoms with E-state index < -0.39 is 0 Å². The van der Waals surface area contributed by atoms with Gasteiger partial charge in [0.1, 0.15) is 5.82 Å². The van der Waals surface area contributed by atoms with E-state index in [1.807, 2.05) is 11.8 Å². The van der Waals surface area contributed by atoms with E-state index in [-0.39, 0.29) is 11.9 Å². The molecule has 0 spiro atoms. The van der Waals surface area contributed by atoms with E-state index in [1.54, 1.807) is 19.2 Å². The molecule has 1 aliphatic rings. The van der Waals surface area contributed by atoms with Gasteiger partial charge in [0.05, 0.1) is 18.2 Å². The normalized spacial score (nSPS) is 16.5. The fourth-order valence-corrected chi connectivity index (χ4v) is 4.10. The number of benzene rings is 2. The lowest BCUT2D eigenvalue weighted by Gasteiger charge is -2.37. The first-order valence-electron chi connectivity index (χ1n) is 10.3. The molecule has 1 unspecified atom stereocenters. The fraction of sp³-hybridized carbons (Fsp3) is 0.292. The van der Waals surface area contributed by atoms with Crippen LogP contribution in [0.5, 0.6) is 0 Å². The molecular formula is C24H25FN4O2S. The number of aryl methyl sites for hydroxylation is 2. The molecule has 0 saturated heterocycles. The van der Waals surface area contributed by atoms with Crippen LogP contribution in [-0.2, 0) is 4.74 Å². The Morgan fingerprint density at radius 2 is 1.88 bits per heavy atom. The number of nitrogens with zero attached hydrogens (tertiary/aromatic N) is 3. The fourth-order valence-electron chi connectivity index (χ4n) is 3.75. The molecule has 8 heteroatoms. The van der Waals surface area contributed by atoms with E-state index in [0.717, 1.165) is 16.8 Å². The summed E-state index contributed by atoms with van der Waals surface area (Å²) in [6, 6.07) is 12.1. The second kappa shape index (κ2) is 9.18. The number of ether oxygens (including phenoxy) is 1. The van der Waals surface area contributed by atoms with Crippen molar-refractivity contribution in [3.8, 4) is 11.4 Å². The van der Waals surface area contributed by atoms with Gasteiger partial charge in [0.25, 0.3) is 5.89 Å². The van der Waals surface area contributed by atoms with E-state index in [0.29, 0.717) is 35.5 Å². The van der Waals surface area contributed by atoms with Crippen molar-refractivity contribution in [1.29, 1.82) is 0 Å². The van der Waals surface area contributed by atoms with Gasteiger partial charge in [-0.25, -0.2) is 4.39 Å². The summed E-state index contributed by atoms with van der Waals surface area (Å²) in [6.45, 7) is 7.27. The highest BCUT2D eigenvalue weighted by atomic mass is 32.1. The topological polar surface area (TPSA) is 63.4 Å². The number of hydrogen-bond acceptors (Lipinski definition) is 5. The van der Waals surface area contributed by atoms with E-state index >= 15 is 0 Å². The number of allylic oxidation sites excluding steroid dienone is 1. The third-order valence-corrected chi connectivity index (χ3v) is 6.08. The van der Waals surface area contributed by atoms with Gasteiger partial charge in [-0.3, -0.25) is 0 Å². The van der Waals surface area contributed by atoms with Gasteiger partial charge in [-0.15, -0.1) is 0 Å². The van der Waals surface area contributed by atoms with Gasteiger partial charge in [0, 0.05) is 24.9 Å². The number of thiocarbonyl (C=S) groups is 1. The third kappa shape index (κ3) is 4.28. The van der Waals surface area contributed by atoms with Crippen molar-refractivity contribution in [3.05, 3.63) is 76.6 Å². The van der Waals surface area contributed by atoms with Crippen LogP contribution in [0.15, 0.2) is 52.7 Å². The molecule has 1 atom stereocenters. The van der Waals surface area contributed by atoms with Crippen molar-refractivity contribution in [1.82, 2.24) is 20.4 Å². The zero-order valence-electron chi connectivity index (χ0n) is 18.5. The first-order valence-corrected chi connectivity index (χ1v) is 10.7. The average Bonchev–Trinajstić information content (AvgIpc) is 3.25. The Labute approximate surface area is 192 Å². The predicted molar refractivity (Wildman–Crippen MR) is 125 cm³/mol. The Morgan fingerprint density at radius 1 is 1.12 bits per heavy atom. The van der Waals surface area contributed by atoms with Crippen molar-refractivity contribution in [2.24, 2.45) is 0 Å². The molecule has 4 rings (SSSR count). The Bertz CT molecular complexity index is 1170. The molecule has 0 fully saturated rings. The molecule has 1 aliphatic heterocycles. The van der Waals surface area contributed by atoms with Crippen molar-refractivity contribution in [2.75, 3.05) is 20.3 Å². The van der Waals surface area contributed by atoms with Gasteiger partial charge >= 0.3 is 0 Å². The van der Waals surface area contributed by atoms with Gasteiger partial charge in [-0.2, -0.15) is 4.98 Å². The third-order valence-electron chi connectivity index (χ3n) is 5.74. The zero-order chi connectivity index (χ0) is 22.8. The molecule has 0 amide bonds. The smallest absolute Gasteiger partial charge is 0.258 e. The number of nitrogens with one attached hydrogen (secondary N) is 1. The Balaban J connectivity index is 1.80. The Morgan fingerprint density at radius 3 is 2.56 bits per heavy atom. The minimum atomic E-state index is -0.315. The van der Waals surface area contributed by atoms with Crippen LogP contribution in [0.4, 0.5) is 4.39 Å². The zero-order valence-corrected chi connectivity index (χ0v) is 19.3. The van der Waals surface area contributed by atoms with Crippen LogP contribution in [0, 0.1) is 19.7 Å². The van der Waals surface area contributed by atoms with Gasteiger partial charge in [0.15, 0.2) is 5.11 Å². The van der Waals surface area contributed by atoms with Crippen molar-refractivity contribution in [2.45, 2.75) is 26.8 Å². The summed E-state index contributed by atoms with van der Waals surface area (Å²) in [6.07, 6.45) is 0. The summed E-state index contributed by atoms with van der Waals surface area (Å²) in [5.41, 5.74) is 5.90. The first kappa shape index (κ1) is 22.1. The number of halogens is 1. The Kier molecular flexibility index (Phi) is 6.34. The second-order valence-electron chi connectivity index (χ2n) is 7.80. The monoisotopic (exact) mass is 452 g/mol. The summed E-state index contributed by atoms with van der Waals surface area (Å²) in [5.74, 6) is 0.475. The van der Waals surface area contributed by atoms with Crippen LogP contribution >= 0.6 is 12.2 Å². The summed E-state index contributed by atoms with van der Waals surface area (Å²) in [5, 5.41) is 8.20. The molecule has 0 radical (unpaired) electrons. The van der Waals surface area contributed by atoms with Crippen molar-refractivity contribution >= 4 is 22.9 Å². The summed E-state index contributed by atoms with van der Waals surface area (Å²) >= 11 is 5.67. The molecular weight excluding hydrogens is 427 g/mol. The molecule has 1 aromatic heterocycles. The quantitative estimate of drug-likeness (QED) is 0.539. The number of hydrogen-bond donors (Lipinski definition) is 1. The van der Waals surface area contributed by atoms with Crippen LogP contribution in [-0.4, -0.2) is 40.4 Å². The maximum atomic E-state index is 13.3. The highest BCUT2D eigenvalue weighted by molar-refractivity contribution is 7.80. The molecule has 0 saturated carbocycles. The van der Waals surface area contributed by atoms with Crippen LogP contribution in [0.3, 0.4) is 0 Å². The predicted octanol–water partition coefficient (Wildman–Crippen LogP) is 4.80. The van der Waals surface area contributed by atoms with Gasteiger partial charge in [-0.1, -0.05) is 23.4 Å². The maximum Gasteiger partial charge on any atom is 0.258 e. The molecule has 1 N–H and O–H groups in total. The lowest BCUT2D eigenvalue weighted by Crippen LogP contribution is -2.47. The lowest BCUT2D eigenvalue weighted by atomic mass is 9.92. The van der Waals surface area contributed by atoms with E-state index in [1.165, 1.54) is 23.3 Å². The second-order valence-corrected chi connectivity index (χ2v) is 8.19. The number of aromatic nitrogens is 2. The molecule has 6 nitrogen and oxygen atoms in total. The maximum absolute atomic E-state index is 13.3. The molecule has 3 aromatic rings. The standard InChI is InChI=1S/C24H25FN4O2S/c1-14-5-6-18(13-15(14)2)21-20(16(3)29(11-12-30-4)24(32)26-21)23-27-22(28-31-23)17-7-9-19(25)10-8-17/h5-10,13,21H,11-12H2,1-4H3,(H,26,32). The molecule has 32 heavy (non-hydrogen) atoms. The van der Waals surface area contributed by atoms with Gasteiger partial charge < -0.3 is 19.5 Å². The van der Waals surface area contributed by atoms with Crippen molar-refractivity contribution in [3.63, 3.8) is 0 Å². The van der Waals surface area contributed by atoms with Crippen LogP contribution in [0.2, 0.25) is 0 Å².